The molecule has 8 heteroatoms. The van der Waals surface area contributed by atoms with Crippen LogP contribution in [0.2, 0.25) is 0 Å². The highest BCUT2D eigenvalue weighted by molar-refractivity contribution is 5.92. The standard InChI is InChI=1S/C22H28O8/c1-12(7-8-23)21(26)29-19-10-16(11-24)5-6-17(28-15(4)25)13(2)9-18-20(19)14(3)22(27)30-18/h5,7,9,17-20,23-24H,3,6,8,10-11H2,1-2,4H3/b12-7+,13-9-,16-5+/t17?,18-,19?,20+/m1/s1. The number of fused-ring (bicyclic) bond motifs is 1. The van der Waals surface area contributed by atoms with Crippen LogP contribution in [0.3, 0.4) is 0 Å². The van der Waals surface area contributed by atoms with Crippen molar-refractivity contribution >= 4 is 17.9 Å². The number of aliphatic hydroxyl groups is 2. The maximum Gasteiger partial charge on any atom is 0.334 e. The molecule has 0 aromatic carbocycles. The number of ether oxygens (including phenoxy) is 3. The van der Waals surface area contributed by atoms with E-state index in [1.54, 1.807) is 19.1 Å². The van der Waals surface area contributed by atoms with E-state index in [1.165, 1.54) is 19.9 Å². The molecule has 30 heavy (non-hydrogen) atoms. The second-order valence-electron chi connectivity index (χ2n) is 7.40. The third-order valence-corrected chi connectivity index (χ3v) is 5.17. The molecule has 164 valence electrons. The average Bonchev–Trinajstić information content (AvgIpc) is 2.95. The van der Waals surface area contributed by atoms with Crippen LogP contribution in [0.25, 0.3) is 0 Å². The maximum atomic E-state index is 12.5. The Morgan fingerprint density at radius 2 is 2.00 bits per heavy atom. The summed E-state index contributed by atoms with van der Waals surface area (Å²) in [4.78, 5) is 36.2. The zero-order valence-corrected chi connectivity index (χ0v) is 17.4. The van der Waals surface area contributed by atoms with Crippen molar-refractivity contribution in [2.24, 2.45) is 5.92 Å². The first-order chi connectivity index (χ1) is 14.2. The number of carbonyl (C=O) groups excluding carboxylic acids is 3. The molecule has 2 rings (SSSR count). The predicted octanol–water partition coefficient (Wildman–Crippen LogP) is 1.53. The minimum atomic E-state index is -0.823. The van der Waals surface area contributed by atoms with Crippen molar-refractivity contribution in [1.82, 2.24) is 0 Å². The van der Waals surface area contributed by atoms with Crippen molar-refractivity contribution in [3.05, 3.63) is 47.1 Å². The van der Waals surface area contributed by atoms with Crippen LogP contribution in [-0.2, 0) is 28.6 Å². The molecule has 0 bridgehead atoms. The van der Waals surface area contributed by atoms with Crippen molar-refractivity contribution in [2.75, 3.05) is 13.2 Å². The molecular weight excluding hydrogens is 392 g/mol. The molecule has 0 aromatic heterocycles. The topological polar surface area (TPSA) is 119 Å². The molecule has 0 radical (unpaired) electrons. The molecule has 0 saturated carbocycles. The first kappa shape index (κ1) is 23.6. The van der Waals surface area contributed by atoms with Gasteiger partial charge in [-0.15, -0.1) is 0 Å². The minimum Gasteiger partial charge on any atom is -0.458 e. The van der Waals surface area contributed by atoms with Crippen LogP contribution in [-0.4, -0.2) is 59.6 Å². The Bertz CT molecular complexity index is 804. The van der Waals surface area contributed by atoms with Gasteiger partial charge in [0.25, 0.3) is 0 Å². The SMILES string of the molecule is C=C1C(=O)O[C@@H]2/C=C(/C)C(OC(C)=O)C/C=C(/CO)CC(OC(=O)/C(C)=C/CO)[C@@H]12. The monoisotopic (exact) mass is 420 g/mol. The van der Waals surface area contributed by atoms with Gasteiger partial charge in [-0.1, -0.05) is 12.7 Å². The smallest absolute Gasteiger partial charge is 0.334 e. The Morgan fingerprint density at radius 3 is 2.60 bits per heavy atom. The Kier molecular flexibility index (Phi) is 8.14. The van der Waals surface area contributed by atoms with E-state index < -0.39 is 42.1 Å². The fourth-order valence-electron chi connectivity index (χ4n) is 3.51. The molecule has 2 unspecified atom stereocenters. The van der Waals surface area contributed by atoms with Gasteiger partial charge in [0, 0.05) is 30.9 Å². The van der Waals surface area contributed by atoms with Crippen LogP contribution < -0.4 is 0 Å². The Morgan fingerprint density at radius 1 is 1.30 bits per heavy atom. The number of hydrogen-bond acceptors (Lipinski definition) is 8. The zero-order chi connectivity index (χ0) is 22.4. The highest BCUT2D eigenvalue weighted by atomic mass is 16.6. The van der Waals surface area contributed by atoms with Crippen LogP contribution in [0, 0.1) is 5.92 Å². The zero-order valence-electron chi connectivity index (χ0n) is 17.4. The fraction of sp³-hybridized carbons (Fsp3) is 0.500. The van der Waals surface area contributed by atoms with Gasteiger partial charge in [0.05, 0.1) is 19.1 Å². The Hall–Kier alpha value is -2.71. The van der Waals surface area contributed by atoms with Crippen LogP contribution in [0.15, 0.2) is 47.1 Å². The fourth-order valence-corrected chi connectivity index (χ4v) is 3.51. The lowest BCUT2D eigenvalue weighted by molar-refractivity contribution is -0.148. The van der Waals surface area contributed by atoms with Gasteiger partial charge >= 0.3 is 17.9 Å². The molecule has 1 saturated heterocycles. The first-order valence-corrected chi connectivity index (χ1v) is 9.70. The van der Waals surface area contributed by atoms with Crippen LogP contribution in [0.4, 0.5) is 0 Å². The van der Waals surface area contributed by atoms with E-state index >= 15 is 0 Å². The van der Waals surface area contributed by atoms with E-state index in [0.29, 0.717) is 17.6 Å². The van der Waals surface area contributed by atoms with Crippen molar-refractivity contribution < 1.29 is 38.8 Å². The van der Waals surface area contributed by atoms with E-state index in [1.807, 2.05) is 0 Å². The molecule has 0 spiro atoms. The number of aliphatic hydroxyl groups excluding tert-OH is 2. The molecule has 1 aliphatic heterocycles. The van der Waals surface area contributed by atoms with Crippen LogP contribution >= 0.6 is 0 Å². The van der Waals surface area contributed by atoms with Gasteiger partial charge in [0.2, 0.25) is 0 Å². The predicted molar refractivity (Wildman–Crippen MR) is 107 cm³/mol. The molecule has 4 atom stereocenters. The van der Waals surface area contributed by atoms with E-state index in [-0.39, 0.29) is 30.8 Å². The minimum absolute atomic E-state index is 0.144. The second kappa shape index (κ2) is 10.4. The van der Waals surface area contributed by atoms with E-state index in [0.717, 1.165) is 0 Å². The first-order valence-electron chi connectivity index (χ1n) is 9.70. The summed E-state index contributed by atoms with van der Waals surface area (Å²) < 4.78 is 16.5. The van der Waals surface area contributed by atoms with Gasteiger partial charge in [-0.25, -0.2) is 9.59 Å². The van der Waals surface area contributed by atoms with Crippen LogP contribution in [0.1, 0.15) is 33.6 Å². The lowest BCUT2D eigenvalue weighted by Crippen LogP contribution is -2.34. The van der Waals surface area contributed by atoms with Gasteiger partial charge in [-0.3, -0.25) is 4.79 Å². The second-order valence-corrected chi connectivity index (χ2v) is 7.40. The summed E-state index contributed by atoms with van der Waals surface area (Å²) in [7, 11) is 0. The van der Waals surface area contributed by atoms with E-state index in [4.69, 9.17) is 19.3 Å². The number of rotatable bonds is 5. The van der Waals surface area contributed by atoms with Gasteiger partial charge in [-0.05, 0) is 37.1 Å². The maximum absolute atomic E-state index is 12.5. The molecule has 2 aliphatic rings. The molecule has 1 fully saturated rings. The summed E-state index contributed by atoms with van der Waals surface area (Å²) in [5, 5.41) is 18.8. The molecule has 1 aliphatic carbocycles. The van der Waals surface area contributed by atoms with Crippen molar-refractivity contribution in [3.63, 3.8) is 0 Å². The van der Waals surface area contributed by atoms with Gasteiger partial charge in [-0.2, -0.15) is 0 Å². The summed E-state index contributed by atoms with van der Waals surface area (Å²) >= 11 is 0. The third kappa shape index (κ3) is 5.67. The molecule has 0 amide bonds. The number of esters is 3. The third-order valence-electron chi connectivity index (χ3n) is 5.17. The average molecular weight is 420 g/mol. The normalized spacial score (nSPS) is 30.9. The highest BCUT2D eigenvalue weighted by Crippen LogP contribution is 2.36. The molecular formula is C22H28O8. The summed E-state index contributed by atoms with van der Waals surface area (Å²) in [6.07, 6.45) is 3.04. The molecule has 2 N–H and O–H groups in total. The Balaban J connectivity index is 2.46. The van der Waals surface area contributed by atoms with Crippen molar-refractivity contribution in [3.8, 4) is 0 Å². The number of carbonyl (C=O) groups is 3. The summed E-state index contributed by atoms with van der Waals surface area (Å²) in [6.45, 7) is 7.77. The lowest BCUT2D eigenvalue weighted by Gasteiger charge is -2.29. The van der Waals surface area contributed by atoms with Crippen molar-refractivity contribution in [1.29, 1.82) is 0 Å². The quantitative estimate of drug-likeness (QED) is 0.297. The molecule has 1 heterocycles. The lowest BCUT2D eigenvalue weighted by atomic mass is 9.85. The molecule has 0 aromatic rings. The highest BCUT2D eigenvalue weighted by Gasteiger charge is 2.45. The summed E-state index contributed by atoms with van der Waals surface area (Å²) in [6, 6.07) is 0. The van der Waals surface area contributed by atoms with Crippen molar-refractivity contribution in [2.45, 2.75) is 51.9 Å². The number of hydrogen-bond donors (Lipinski definition) is 2. The van der Waals surface area contributed by atoms with Gasteiger partial charge in [0.1, 0.15) is 18.3 Å². The summed E-state index contributed by atoms with van der Waals surface area (Å²) in [5.74, 6) is -2.38. The van der Waals surface area contributed by atoms with E-state index in [2.05, 4.69) is 6.58 Å². The van der Waals surface area contributed by atoms with Gasteiger partial charge < -0.3 is 24.4 Å². The van der Waals surface area contributed by atoms with E-state index in [9.17, 15) is 19.5 Å². The van der Waals surface area contributed by atoms with Gasteiger partial charge in [0.15, 0.2) is 0 Å². The largest absolute Gasteiger partial charge is 0.458 e. The molecule has 8 nitrogen and oxygen atoms in total. The Labute approximate surface area is 175 Å². The summed E-state index contributed by atoms with van der Waals surface area (Å²) in [5.41, 5.74) is 1.61. The van der Waals surface area contributed by atoms with Crippen LogP contribution in [0.5, 0.6) is 0 Å².